The number of rotatable bonds is 2. The van der Waals surface area contributed by atoms with E-state index in [1.165, 1.54) is 0 Å². The topological polar surface area (TPSA) is 42.4 Å². The lowest BCUT2D eigenvalue weighted by Crippen LogP contribution is -1.91. The number of hydrogen-bond donors (Lipinski definition) is 1. The number of halogens is 1. The van der Waals surface area contributed by atoms with Crippen LogP contribution in [0, 0.1) is 0 Å². The molecule has 4 heteroatoms. The molecule has 0 bridgehead atoms. The van der Waals surface area contributed by atoms with Crippen LogP contribution in [-0.2, 0) is 6.61 Å². The van der Waals surface area contributed by atoms with Crippen LogP contribution >= 0.6 is 15.9 Å². The fraction of sp³-hybridized carbons (Fsp3) is 0.286. The molecule has 0 spiro atoms. The van der Waals surface area contributed by atoms with Crippen molar-refractivity contribution in [3.63, 3.8) is 0 Å². The zero-order valence-electron chi connectivity index (χ0n) is 6.04. The van der Waals surface area contributed by atoms with Crippen LogP contribution in [0.2, 0.25) is 0 Å². The molecule has 0 fully saturated rings. The molecule has 3 nitrogen and oxygen atoms in total. The van der Waals surface area contributed by atoms with Crippen molar-refractivity contribution in [1.82, 2.24) is 4.98 Å². The highest BCUT2D eigenvalue weighted by Gasteiger charge is 2.00. The number of nitrogens with zero attached hydrogens (tertiary/aromatic N) is 1. The molecule has 11 heavy (non-hydrogen) atoms. The Morgan fingerprint density at radius 3 is 3.00 bits per heavy atom. The summed E-state index contributed by atoms with van der Waals surface area (Å²) in [6.45, 7) is -0.0658. The Kier molecular flexibility index (Phi) is 2.84. The summed E-state index contributed by atoms with van der Waals surface area (Å²) >= 11 is 3.25. The van der Waals surface area contributed by atoms with Crippen molar-refractivity contribution < 1.29 is 9.84 Å². The maximum Gasteiger partial charge on any atom is 0.136 e. The monoisotopic (exact) mass is 217 g/mol. The van der Waals surface area contributed by atoms with E-state index in [2.05, 4.69) is 20.9 Å². The Morgan fingerprint density at radius 1 is 1.73 bits per heavy atom. The van der Waals surface area contributed by atoms with E-state index in [1.807, 2.05) is 0 Å². The van der Waals surface area contributed by atoms with Gasteiger partial charge in [0.05, 0.1) is 23.9 Å². The summed E-state index contributed by atoms with van der Waals surface area (Å²) in [7, 11) is 1.57. The summed E-state index contributed by atoms with van der Waals surface area (Å²) in [5, 5.41) is 8.72. The van der Waals surface area contributed by atoms with E-state index in [0.29, 0.717) is 11.4 Å². The van der Waals surface area contributed by atoms with E-state index in [4.69, 9.17) is 9.84 Å². The summed E-state index contributed by atoms with van der Waals surface area (Å²) in [5.74, 6) is 0.684. The maximum absolute atomic E-state index is 8.72. The molecule has 1 aromatic rings. The van der Waals surface area contributed by atoms with E-state index in [-0.39, 0.29) is 6.61 Å². The summed E-state index contributed by atoms with van der Waals surface area (Å²) in [6, 6.07) is 1.68. The Labute approximate surface area is 73.2 Å². The lowest BCUT2D eigenvalue weighted by atomic mass is 10.3. The van der Waals surface area contributed by atoms with Crippen LogP contribution in [-0.4, -0.2) is 17.2 Å². The molecule has 0 aliphatic heterocycles. The van der Waals surface area contributed by atoms with Gasteiger partial charge in [0, 0.05) is 12.3 Å². The van der Waals surface area contributed by atoms with Crippen molar-refractivity contribution in [3.05, 3.63) is 22.4 Å². The van der Waals surface area contributed by atoms with Crippen LogP contribution in [0.15, 0.2) is 16.7 Å². The Morgan fingerprint density at radius 2 is 2.45 bits per heavy atom. The van der Waals surface area contributed by atoms with Crippen LogP contribution in [0.25, 0.3) is 0 Å². The minimum Gasteiger partial charge on any atom is -0.495 e. The highest BCUT2D eigenvalue weighted by Crippen LogP contribution is 2.23. The number of aliphatic hydroxyl groups is 1. The number of pyridine rings is 1. The number of hydrogen-bond acceptors (Lipinski definition) is 3. The summed E-state index contributed by atoms with van der Waals surface area (Å²) < 4.78 is 5.78. The molecule has 0 aliphatic carbocycles. The van der Waals surface area contributed by atoms with Crippen molar-refractivity contribution in [2.45, 2.75) is 6.61 Å². The van der Waals surface area contributed by atoms with Gasteiger partial charge in [0.2, 0.25) is 0 Å². The van der Waals surface area contributed by atoms with E-state index >= 15 is 0 Å². The van der Waals surface area contributed by atoms with Gasteiger partial charge in [-0.05, 0) is 15.9 Å². The highest BCUT2D eigenvalue weighted by molar-refractivity contribution is 9.10. The Hall–Kier alpha value is -0.610. The van der Waals surface area contributed by atoms with E-state index < -0.39 is 0 Å². The minimum absolute atomic E-state index is 0.0658. The molecule has 0 saturated heterocycles. The van der Waals surface area contributed by atoms with Crippen molar-refractivity contribution in [2.24, 2.45) is 0 Å². The largest absolute Gasteiger partial charge is 0.495 e. The molecule has 0 atom stereocenters. The molecule has 1 N–H and O–H groups in total. The first-order chi connectivity index (χ1) is 5.27. The summed E-state index contributed by atoms with van der Waals surface area (Å²) in [6.07, 6.45) is 1.60. The molecule has 0 aromatic carbocycles. The van der Waals surface area contributed by atoms with Gasteiger partial charge < -0.3 is 9.84 Å². The SMILES string of the molecule is COc1cc(CO)ncc1Br. The molecule has 0 unspecified atom stereocenters. The van der Waals surface area contributed by atoms with Gasteiger partial charge in [-0.1, -0.05) is 0 Å². The van der Waals surface area contributed by atoms with Gasteiger partial charge in [0.15, 0.2) is 0 Å². The van der Waals surface area contributed by atoms with Crippen LogP contribution < -0.4 is 4.74 Å². The van der Waals surface area contributed by atoms with Gasteiger partial charge in [-0.25, -0.2) is 0 Å². The second kappa shape index (κ2) is 3.69. The molecule has 0 radical (unpaired) electrons. The summed E-state index contributed by atoms with van der Waals surface area (Å²) in [5.41, 5.74) is 0.602. The third-order valence-corrected chi connectivity index (χ3v) is 1.85. The van der Waals surface area contributed by atoms with Gasteiger partial charge in [-0.2, -0.15) is 0 Å². The van der Waals surface area contributed by atoms with Crippen LogP contribution in [0.3, 0.4) is 0 Å². The van der Waals surface area contributed by atoms with Gasteiger partial charge in [0.25, 0.3) is 0 Å². The van der Waals surface area contributed by atoms with Gasteiger partial charge in [0.1, 0.15) is 5.75 Å². The molecule has 1 heterocycles. The number of aromatic nitrogens is 1. The molecule has 0 amide bonds. The zero-order valence-corrected chi connectivity index (χ0v) is 7.63. The first-order valence-electron chi connectivity index (χ1n) is 3.07. The van der Waals surface area contributed by atoms with Crippen LogP contribution in [0.1, 0.15) is 5.69 Å². The van der Waals surface area contributed by atoms with Crippen LogP contribution in [0.5, 0.6) is 5.75 Å². The molecule has 1 aromatic heterocycles. The van der Waals surface area contributed by atoms with E-state index in [9.17, 15) is 0 Å². The highest BCUT2D eigenvalue weighted by atomic mass is 79.9. The second-order valence-electron chi connectivity index (χ2n) is 1.97. The maximum atomic E-state index is 8.72. The quantitative estimate of drug-likeness (QED) is 0.814. The lowest BCUT2D eigenvalue weighted by molar-refractivity contribution is 0.276. The molecular weight excluding hydrogens is 210 g/mol. The predicted octanol–water partition coefficient (Wildman–Crippen LogP) is 1.34. The molecular formula is C7H8BrNO2. The van der Waals surface area contributed by atoms with Gasteiger partial charge in [-0.3, -0.25) is 4.98 Å². The summed E-state index contributed by atoms with van der Waals surface area (Å²) in [4.78, 5) is 3.93. The smallest absolute Gasteiger partial charge is 0.136 e. The number of aliphatic hydroxyl groups excluding tert-OH is 1. The van der Waals surface area contributed by atoms with Crippen LogP contribution in [0.4, 0.5) is 0 Å². The molecule has 0 aliphatic rings. The molecule has 1 rings (SSSR count). The Bertz CT molecular complexity index is 252. The van der Waals surface area contributed by atoms with Crippen molar-refractivity contribution in [1.29, 1.82) is 0 Å². The van der Waals surface area contributed by atoms with Crippen molar-refractivity contribution in [2.75, 3.05) is 7.11 Å². The first-order valence-corrected chi connectivity index (χ1v) is 3.86. The average Bonchev–Trinajstić information content (AvgIpc) is 2.05. The van der Waals surface area contributed by atoms with Gasteiger partial charge in [-0.15, -0.1) is 0 Å². The third-order valence-electron chi connectivity index (χ3n) is 1.26. The molecule has 0 saturated carbocycles. The first kappa shape index (κ1) is 8.49. The fourth-order valence-electron chi connectivity index (χ4n) is 0.704. The number of ether oxygens (including phenoxy) is 1. The van der Waals surface area contributed by atoms with E-state index in [1.54, 1.807) is 19.4 Å². The van der Waals surface area contributed by atoms with Gasteiger partial charge >= 0.3 is 0 Å². The predicted molar refractivity (Wildman–Crippen MR) is 44.4 cm³/mol. The zero-order chi connectivity index (χ0) is 8.27. The Balaban J connectivity index is 3.02. The average molecular weight is 218 g/mol. The van der Waals surface area contributed by atoms with Crippen molar-refractivity contribution in [3.8, 4) is 5.75 Å². The normalized spacial score (nSPS) is 9.73. The second-order valence-corrected chi connectivity index (χ2v) is 2.82. The number of methoxy groups -OCH3 is 1. The molecule has 60 valence electrons. The lowest BCUT2D eigenvalue weighted by Gasteiger charge is -2.02. The van der Waals surface area contributed by atoms with Crippen molar-refractivity contribution >= 4 is 15.9 Å². The minimum atomic E-state index is -0.0658. The standard InChI is InChI=1S/C7H8BrNO2/c1-11-7-2-5(4-10)9-3-6(7)8/h2-3,10H,4H2,1H3. The fourth-order valence-corrected chi connectivity index (χ4v) is 1.08. The third kappa shape index (κ3) is 1.91. The van der Waals surface area contributed by atoms with E-state index in [0.717, 1.165) is 4.47 Å².